The van der Waals surface area contributed by atoms with Gasteiger partial charge in [-0.2, -0.15) is 0 Å². The first-order valence-corrected chi connectivity index (χ1v) is 7.80. The number of phenols is 1. The van der Waals surface area contributed by atoms with E-state index in [4.69, 9.17) is 5.73 Å². The van der Waals surface area contributed by atoms with Crippen LogP contribution in [0.2, 0.25) is 0 Å². The highest BCUT2D eigenvalue weighted by molar-refractivity contribution is 5.87. The second kappa shape index (κ2) is 6.04. The molecule has 3 nitrogen and oxygen atoms in total. The summed E-state index contributed by atoms with van der Waals surface area (Å²) in [5, 5.41) is 12.6. The Labute approximate surface area is 126 Å². The predicted molar refractivity (Wildman–Crippen MR) is 87.3 cm³/mol. The monoisotopic (exact) mass is 284 g/mol. The molecule has 21 heavy (non-hydrogen) atoms. The lowest BCUT2D eigenvalue weighted by Crippen LogP contribution is -2.37. The van der Waals surface area contributed by atoms with Gasteiger partial charge in [-0.05, 0) is 49.2 Å². The quantitative estimate of drug-likeness (QED) is 0.907. The largest absolute Gasteiger partial charge is 0.508 e. The second-order valence-electron chi connectivity index (χ2n) is 6.19. The summed E-state index contributed by atoms with van der Waals surface area (Å²) in [5.41, 5.74) is 6.93. The van der Waals surface area contributed by atoms with Crippen LogP contribution in [-0.2, 0) is 6.54 Å². The van der Waals surface area contributed by atoms with Crippen LogP contribution in [0.4, 0.5) is 0 Å². The lowest BCUT2D eigenvalue weighted by Gasteiger charge is -2.29. The zero-order valence-corrected chi connectivity index (χ0v) is 12.6. The topological polar surface area (TPSA) is 49.5 Å². The Hall–Kier alpha value is -1.58. The maximum absolute atomic E-state index is 10.3. The van der Waals surface area contributed by atoms with E-state index in [2.05, 4.69) is 24.1 Å². The van der Waals surface area contributed by atoms with Crippen LogP contribution < -0.4 is 5.73 Å². The molecular weight excluding hydrogens is 260 g/mol. The van der Waals surface area contributed by atoms with Gasteiger partial charge in [-0.25, -0.2) is 0 Å². The summed E-state index contributed by atoms with van der Waals surface area (Å²) in [6, 6.07) is 12.6. The van der Waals surface area contributed by atoms with E-state index in [0.29, 0.717) is 17.7 Å². The normalized spacial score (nSPS) is 22.2. The molecule has 2 aromatic rings. The molecule has 1 saturated carbocycles. The van der Waals surface area contributed by atoms with Crippen LogP contribution in [0.1, 0.15) is 24.8 Å². The van der Waals surface area contributed by atoms with Gasteiger partial charge in [-0.1, -0.05) is 36.8 Å². The molecule has 0 amide bonds. The Bertz CT molecular complexity index is 626. The maximum Gasteiger partial charge on any atom is 0.120 e. The van der Waals surface area contributed by atoms with Gasteiger partial charge in [-0.15, -0.1) is 0 Å². The predicted octanol–water partition coefficient (Wildman–Crippen LogP) is 3.10. The smallest absolute Gasteiger partial charge is 0.120 e. The molecule has 1 fully saturated rings. The summed E-state index contributed by atoms with van der Waals surface area (Å²) in [4.78, 5) is 2.37. The molecule has 2 atom stereocenters. The third-order valence-electron chi connectivity index (χ3n) is 4.91. The molecule has 0 radical (unpaired) electrons. The zero-order chi connectivity index (χ0) is 14.8. The summed E-state index contributed by atoms with van der Waals surface area (Å²) in [6.07, 6.45) is 3.70. The van der Waals surface area contributed by atoms with Crippen LogP contribution in [-0.4, -0.2) is 29.6 Å². The van der Waals surface area contributed by atoms with Gasteiger partial charge < -0.3 is 10.8 Å². The molecule has 2 aromatic carbocycles. The van der Waals surface area contributed by atoms with Gasteiger partial charge in [0.05, 0.1) is 0 Å². The lowest BCUT2D eigenvalue weighted by atomic mass is 9.99. The van der Waals surface area contributed by atoms with Gasteiger partial charge in [0.15, 0.2) is 0 Å². The van der Waals surface area contributed by atoms with Gasteiger partial charge in [0, 0.05) is 18.2 Å². The highest BCUT2D eigenvalue weighted by Crippen LogP contribution is 2.33. The fourth-order valence-corrected chi connectivity index (χ4v) is 3.73. The van der Waals surface area contributed by atoms with E-state index in [1.807, 2.05) is 18.2 Å². The molecule has 0 spiro atoms. The number of hydrogen-bond donors (Lipinski definition) is 2. The van der Waals surface area contributed by atoms with Crippen LogP contribution in [0, 0.1) is 5.92 Å². The molecule has 1 aliphatic carbocycles. The van der Waals surface area contributed by atoms with Crippen molar-refractivity contribution in [2.75, 3.05) is 13.6 Å². The number of phenolic OH excluding ortho intramolecular Hbond substituents is 1. The van der Waals surface area contributed by atoms with E-state index in [1.54, 1.807) is 6.07 Å². The van der Waals surface area contributed by atoms with Gasteiger partial charge in [0.25, 0.3) is 0 Å². The Morgan fingerprint density at radius 2 is 2.00 bits per heavy atom. The van der Waals surface area contributed by atoms with Crippen molar-refractivity contribution < 1.29 is 5.11 Å². The molecule has 0 bridgehead atoms. The third kappa shape index (κ3) is 2.76. The number of fused-ring (bicyclic) bond motifs is 1. The molecule has 0 saturated heterocycles. The summed E-state index contributed by atoms with van der Waals surface area (Å²) < 4.78 is 0. The molecule has 0 heterocycles. The molecule has 0 aromatic heterocycles. The fourth-order valence-electron chi connectivity index (χ4n) is 3.73. The molecule has 3 rings (SSSR count). The number of aromatic hydroxyl groups is 1. The van der Waals surface area contributed by atoms with E-state index in [-0.39, 0.29) is 0 Å². The van der Waals surface area contributed by atoms with Crippen molar-refractivity contribution in [3.8, 4) is 5.75 Å². The number of hydrogen-bond acceptors (Lipinski definition) is 3. The van der Waals surface area contributed by atoms with E-state index in [1.165, 1.54) is 24.6 Å². The van der Waals surface area contributed by atoms with Crippen LogP contribution in [0.15, 0.2) is 36.4 Å². The van der Waals surface area contributed by atoms with E-state index < -0.39 is 0 Å². The van der Waals surface area contributed by atoms with Gasteiger partial charge in [0.1, 0.15) is 5.75 Å². The third-order valence-corrected chi connectivity index (χ3v) is 4.91. The molecule has 3 heteroatoms. The first-order chi connectivity index (χ1) is 10.2. The Morgan fingerprint density at radius 1 is 1.19 bits per heavy atom. The molecule has 2 unspecified atom stereocenters. The minimum Gasteiger partial charge on any atom is -0.508 e. The maximum atomic E-state index is 10.3. The van der Waals surface area contributed by atoms with Crippen LogP contribution >= 0.6 is 0 Å². The van der Waals surface area contributed by atoms with Crippen molar-refractivity contribution in [3.63, 3.8) is 0 Å². The Kier molecular flexibility index (Phi) is 4.13. The average molecular weight is 284 g/mol. The molecule has 0 aliphatic heterocycles. The molecule has 112 valence electrons. The molecule has 1 aliphatic rings. The highest BCUT2D eigenvalue weighted by Gasteiger charge is 2.29. The number of nitrogens with zero attached hydrogens (tertiary/aromatic N) is 1. The van der Waals surface area contributed by atoms with E-state index in [9.17, 15) is 5.11 Å². The Balaban J connectivity index is 1.89. The van der Waals surface area contributed by atoms with Crippen LogP contribution in [0.5, 0.6) is 5.75 Å². The fraction of sp³-hybridized carbons (Fsp3) is 0.444. The summed E-state index contributed by atoms with van der Waals surface area (Å²) in [6.45, 7) is 1.53. The van der Waals surface area contributed by atoms with Gasteiger partial charge in [0.2, 0.25) is 0 Å². The van der Waals surface area contributed by atoms with Gasteiger partial charge >= 0.3 is 0 Å². The van der Waals surface area contributed by atoms with Crippen molar-refractivity contribution in [1.82, 2.24) is 4.90 Å². The summed E-state index contributed by atoms with van der Waals surface area (Å²) >= 11 is 0. The first kappa shape index (κ1) is 14.4. The van der Waals surface area contributed by atoms with Crippen molar-refractivity contribution in [1.29, 1.82) is 0 Å². The number of benzene rings is 2. The van der Waals surface area contributed by atoms with Crippen molar-refractivity contribution >= 4 is 10.8 Å². The minimum atomic E-state index is 0.392. The van der Waals surface area contributed by atoms with E-state index >= 15 is 0 Å². The molecule has 3 N–H and O–H groups in total. The standard InChI is InChI=1S/C18H24N2O/c1-20(17-8-4-6-14(17)11-19)12-16-15-7-3-2-5-13(15)9-10-18(16)21/h2-3,5,7,9-10,14,17,21H,4,6,8,11-12,19H2,1H3. The number of rotatable bonds is 4. The lowest BCUT2D eigenvalue weighted by molar-refractivity contribution is 0.192. The van der Waals surface area contributed by atoms with Crippen LogP contribution in [0.25, 0.3) is 10.8 Å². The van der Waals surface area contributed by atoms with Gasteiger partial charge in [-0.3, -0.25) is 4.90 Å². The SMILES string of the molecule is CN(Cc1c(O)ccc2ccccc12)C1CCCC1CN. The number of nitrogens with two attached hydrogens (primary N) is 1. The minimum absolute atomic E-state index is 0.392. The highest BCUT2D eigenvalue weighted by atomic mass is 16.3. The zero-order valence-electron chi connectivity index (χ0n) is 12.6. The van der Waals surface area contributed by atoms with Crippen molar-refractivity contribution in [3.05, 3.63) is 42.0 Å². The van der Waals surface area contributed by atoms with Crippen LogP contribution in [0.3, 0.4) is 0 Å². The summed E-state index contributed by atoms with van der Waals surface area (Å²) in [5.74, 6) is 0.981. The second-order valence-corrected chi connectivity index (χ2v) is 6.19. The van der Waals surface area contributed by atoms with Crippen molar-refractivity contribution in [2.24, 2.45) is 11.7 Å². The van der Waals surface area contributed by atoms with E-state index in [0.717, 1.165) is 24.0 Å². The summed E-state index contributed by atoms with van der Waals surface area (Å²) in [7, 11) is 2.15. The first-order valence-electron chi connectivity index (χ1n) is 7.80. The Morgan fingerprint density at radius 3 is 2.81 bits per heavy atom. The average Bonchev–Trinajstić information content (AvgIpc) is 2.98. The molecular formula is C18H24N2O. The van der Waals surface area contributed by atoms with Crippen molar-refractivity contribution in [2.45, 2.75) is 31.8 Å².